The molecule has 3 aromatic rings. The van der Waals surface area contributed by atoms with E-state index in [-0.39, 0.29) is 5.91 Å². The number of nitrogens with zero attached hydrogens (tertiary/aromatic N) is 3. The van der Waals surface area contributed by atoms with Crippen molar-refractivity contribution in [3.05, 3.63) is 71.0 Å². The van der Waals surface area contributed by atoms with Gasteiger partial charge in [0.2, 0.25) is 0 Å². The molecule has 2 aromatic carbocycles. The molecule has 1 fully saturated rings. The zero-order chi connectivity index (χ0) is 18.8. The lowest BCUT2D eigenvalue weighted by molar-refractivity contribution is 0.102. The second-order valence-corrected chi connectivity index (χ2v) is 7.14. The summed E-state index contributed by atoms with van der Waals surface area (Å²) in [5, 5.41) is 8.02. The van der Waals surface area contributed by atoms with E-state index in [0.29, 0.717) is 10.6 Å². The van der Waals surface area contributed by atoms with E-state index >= 15 is 0 Å². The van der Waals surface area contributed by atoms with Gasteiger partial charge in [0, 0.05) is 18.1 Å². The van der Waals surface area contributed by atoms with Crippen molar-refractivity contribution in [2.45, 2.75) is 19.8 Å². The van der Waals surface area contributed by atoms with Crippen molar-refractivity contribution in [3.63, 3.8) is 0 Å². The number of nitrogens with one attached hydrogen (secondary N) is 1. The Bertz CT molecular complexity index is 962. The van der Waals surface area contributed by atoms with Gasteiger partial charge in [-0.05, 0) is 50.1 Å². The van der Waals surface area contributed by atoms with E-state index in [1.807, 2.05) is 55.5 Å². The van der Waals surface area contributed by atoms with Gasteiger partial charge < -0.3 is 10.2 Å². The highest BCUT2D eigenvalue weighted by Crippen LogP contribution is 2.32. The van der Waals surface area contributed by atoms with Gasteiger partial charge in [-0.25, -0.2) is 4.68 Å². The van der Waals surface area contributed by atoms with Crippen molar-refractivity contribution in [2.24, 2.45) is 0 Å². The molecule has 6 heteroatoms. The van der Waals surface area contributed by atoms with Crippen LogP contribution < -0.4 is 10.2 Å². The first-order valence-corrected chi connectivity index (χ1v) is 9.47. The molecule has 2 heterocycles. The van der Waals surface area contributed by atoms with Gasteiger partial charge in [-0.2, -0.15) is 5.10 Å². The Hall–Kier alpha value is -2.79. The molecular formula is C21H21ClN4O. The predicted molar refractivity (Wildman–Crippen MR) is 109 cm³/mol. The van der Waals surface area contributed by atoms with E-state index in [1.165, 1.54) is 12.8 Å². The topological polar surface area (TPSA) is 50.2 Å². The summed E-state index contributed by atoms with van der Waals surface area (Å²) in [4.78, 5) is 15.2. The number of hydrogen-bond acceptors (Lipinski definition) is 3. The molecule has 0 atom stereocenters. The summed E-state index contributed by atoms with van der Waals surface area (Å²) in [6, 6.07) is 15.4. The average Bonchev–Trinajstić information content (AvgIpc) is 3.32. The van der Waals surface area contributed by atoms with Crippen LogP contribution in [0.15, 0.2) is 54.7 Å². The molecule has 0 aliphatic carbocycles. The second kappa shape index (κ2) is 7.45. The molecule has 0 radical (unpaired) electrons. The molecule has 138 valence electrons. The van der Waals surface area contributed by atoms with E-state index in [0.717, 1.165) is 35.8 Å². The molecule has 1 aromatic heterocycles. The highest BCUT2D eigenvalue weighted by Gasteiger charge is 2.20. The monoisotopic (exact) mass is 380 g/mol. The first-order chi connectivity index (χ1) is 13.1. The number of amides is 1. The van der Waals surface area contributed by atoms with Crippen molar-refractivity contribution >= 4 is 28.9 Å². The molecule has 1 aliphatic rings. The third-order valence-electron chi connectivity index (χ3n) is 4.91. The number of halogens is 1. The van der Waals surface area contributed by atoms with Gasteiger partial charge in [-0.1, -0.05) is 29.8 Å². The SMILES string of the molecule is Cc1c(C(=O)Nc2cc(Cl)ccc2N2CCCC2)cnn1-c1ccccc1. The van der Waals surface area contributed by atoms with Crippen LogP contribution in [0.5, 0.6) is 0 Å². The fraction of sp³-hybridized carbons (Fsp3) is 0.238. The van der Waals surface area contributed by atoms with Gasteiger partial charge >= 0.3 is 0 Å². The molecule has 1 aliphatic heterocycles. The fourth-order valence-electron chi connectivity index (χ4n) is 3.49. The van der Waals surface area contributed by atoms with Crippen LogP contribution in [0.2, 0.25) is 5.02 Å². The van der Waals surface area contributed by atoms with Gasteiger partial charge in [0.25, 0.3) is 5.91 Å². The highest BCUT2D eigenvalue weighted by atomic mass is 35.5. The van der Waals surface area contributed by atoms with Crippen LogP contribution in [0.1, 0.15) is 28.9 Å². The van der Waals surface area contributed by atoms with Crippen molar-refractivity contribution in [1.29, 1.82) is 0 Å². The number of hydrogen-bond donors (Lipinski definition) is 1. The normalized spacial score (nSPS) is 13.8. The maximum atomic E-state index is 12.9. The Morgan fingerprint density at radius 3 is 2.59 bits per heavy atom. The number of rotatable bonds is 4. The van der Waals surface area contributed by atoms with Crippen LogP contribution in [-0.2, 0) is 0 Å². The van der Waals surface area contributed by atoms with Crippen LogP contribution in [0.4, 0.5) is 11.4 Å². The standard InChI is InChI=1S/C21H21ClN4O/c1-15-18(14-23-26(15)17-7-3-2-4-8-17)21(27)24-19-13-16(22)9-10-20(19)25-11-5-6-12-25/h2-4,7-10,13-14H,5-6,11-12H2,1H3,(H,24,27). The number of carbonyl (C=O) groups is 1. The van der Waals surface area contributed by atoms with E-state index in [2.05, 4.69) is 15.3 Å². The molecule has 0 spiro atoms. The summed E-state index contributed by atoms with van der Waals surface area (Å²) in [6.45, 7) is 3.89. The van der Waals surface area contributed by atoms with Crippen LogP contribution in [0, 0.1) is 6.92 Å². The fourth-order valence-corrected chi connectivity index (χ4v) is 3.67. The predicted octanol–water partition coefficient (Wildman–Crippen LogP) is 4.69. The van der Waals surface area contributed by atoms with Crippen LogP contribution in [0.3, 0.4) is 0 Å². The largest absolute Gasteiger partial charge is 0.370 e. The van der Waals surface area contributed by atoms with Gasteiger partial charge in [0.05, 0.1) is 34.5 Å². The maximum Gasteiger partial charge on any atom is 0.259 e. The third-order valence-corrected chi connectivity index (χ3v) is 5.14. The number of carbonyl (C=O) groups excluding carboxylic acids is 1. The van der Waals surface area contributed by atoms with E-state index in [4.69, 9.17) is 11.6 Å². The van der Waals surface area contributed by atoms with Crippen molar-refractivity contribution in [3.8, 4) is 5.69 Å². The Kier molecular flexibility index (Phi) is 4.86. The lowest BCUT2D eigenvalue weighted by Crippen LogP contribution is -2.21. The Morgan fingerprint density at radius 1 is 1.11 bits per heavy atom. The summed E-state index contributed by atoms with van der Waals surface area (Å²) in [5.41, 5.74) is 4.02. The molecule has 1 amide bonds. The summed E-state index contributed by atoms with van der Waals surface area (Å²) < 4.78 is 1.77. The minimum Gasteiger partial charge on any atom is -0.370 e. The van der Waals surface area contributed by atoms with Crippen molar-refractivity contribution < 1.29 is 4.79 Å². The highest BCUT2D eigenvalue weighted by molar-refractivity contribution is 6.31. The molecule has 1 saturated heterocycles. The molecule has 1 N–H and O–H groups in total. The number of anilines is 2. The van der Waals surface area contributed by atoms with E-state index in [9.17, 15) is 4.79 Å². The lowest BCUT2D eigenvalue weighted by Gasteiger charge is -2.21. The summed E-state index contributed by atoms with van der Waals surface area (Å²) in [5.74, 6) is -0.183. The molecule has 0 saturated carbocycles. The van der Waals surface area contributed by atoms with E-state index in [1.54, 1.807) is 10.9 Å². The minimum absolute atomic E-state index is 0.183. The van der Waals surface area contributed by atoms with Gasteiger partial charge in [0.1, 0.15) is 0 Å². The second-order valence-electron chi connectivity index (χ2n) is 6.70. The average molecular weight is 381 g/mol. The quantitative estimate of drug-likeness (QED) is 0.714. The lowest BCUT2D eigenvalue weighted by atomic mass is 10.2. The van der Waals surface area contributed by atoms with Gasteiger partial charge in [-0.3, -0.25) is 4.79 Å². The van der Waals surface area contributed by atoms with Crippen LogP contribution in [0.25, 0.3) is 5.69 Å². The van der Waals surface area contributed by atoms with Gasteiger partial charge in [-0.15, -0.1) is 0 Å². The zero-order valence-corrected chi connectivity index (χ0v) is 15.9. The molecule has 4 rings (SSSR count). The third kappa shape index (κ3) is 3.55. The first-order valence-electron chi connectivity index (χ1n) is 9.09. The van der Waals surface area contributed by atoms with Crippen LogP contribution >= 0.6 is 11.6 Å². The molecule has 0 bridgehead atoms. The Labute approximate surface area is 163 Å². The van der Waals surface area contributed by atoms with Crippen LogP contribution in [-0.4, -0.2) is 28.8 Å². The summed E-state index contributed by atoms with van der Waals surface area (Å²) in [6.07, 6.45) is 3.94. The number of aromatic nitrogens is 2. The molecule has 5 nitrogen and oxygen atoms in total. The summed E-state index contributed by atoms with van der Waals surface area (Å²) in [7, 11) is 0. The zero-order valence-electron chi connectivity index (χ0n) is 15.2. The minimum atomic E-state index is -0.183. The smallest absolute Gasteiger partial charge is 0.259 e. The molecule has 27 heavy (non-hydrogen) atoms. The van der Waals surface area contributed by atoms with Gasteiger partial charge in [0.15, 0.2) is 0 Å². The Morgan fingerprint density at radius 2 is 1.85 bits per heavy atom. The van der Waals surface area contributed by atoms with E-state index < -0.39 is 0 Å². The van der Waals surface area contributed by atoms with Crippen molar-refractivity contribution in [1.82, 2.24) is 9.78 Å². The number of para-hydroxylation sites is 1. The maximum absolute atomic E-state index is 12.9. The Balaban J connectivity index is 1.62. The van der Waals surface area contributed by atoms with Crippen molar-refractivity contribution in [2.75, 3.05) is 23.3 Å². The first kappa shape index (κ1) is 17.6. The molecular weight excluding hydrogens is 360 g/mol. The molecule has 0 unspecified atom stereocenters. The number of benzene rings is 2. The summed E-state index contributed by atoms with van der Waals surface area (Å²) >= 11 is 6.18.